The summed E-state index contributed by atoms with van der Waals surface area (Å²) in [5.41, 5.74) is 1.63. The van der Waals surface area contributed by atoms with E-state index in [0.717, 1.165) is 11.3 Å². The summed E-state index contributed by atoms with van der Waals surface area (Å²) in [6.45, 7) is 1.80. The molecule has 1 unspecified atom stereocenters. The monoisotopic (exact) mass is 393 g/mol. The summed E-state index contributed by atoms with van der Waals surface area (Å²) >= 11 is 0. The Balaban J connectivity index is 1.61. The standard InChI is InChI=1S/C20H19N5O4/c1-14(23-20(27)15-7-4-8-17(12-15)25(28)29)19(26)21-13-16-6-2-3-9-18(16)24-11-5-10-22-24/h2-12,14H,13H2,1H3,(H,21,26)(H,23,27). The van der Waals surface area contributed by atoms with E-state index in [1.165, 1.54) is 24.3 Å². The van der Waals surface area contributed by atoms with Crippen molar-refractivity contribution in [3.05, 3.63) is 88.2 Å². The first-order valence-corrected chi connectivity index (χ1v) is 8.86. The van der Waals surface area contributed by atoms with Crippen LogP contribution in [0.15, 0.2) is 67.0 Å². The minimum atomic E-state index is -0.821. The van der Waals surface area contributed by atoms with Gasteiger partial charge in [0.15, 0.2) is 0 Å². The summed E-state index contributed by atoms with van der Waals surface area (Å²) in [4.78, 5) is 35.0. The number of nitrogens with zero attached hydrogens (tertiary/aromatic N) is 3. The van der Waals surface area contributed by atoms with Crippen molar-refractivity contribution in [2.75, 3.05) is 0 Å². The van der Waals surface area contributed by atoms with Gasteiger partial charge in [-0.1, -0.05) is 24.3 Å². The number of carbonyl (C=O) groups excluding carboxylic acids is 2. The molecule has 0 aliphatic carbocycles. The molecule has 0 fully saturated rings. The van der Waals surface area contributed by atoms with Crippen molar-refractivity contribution in [1.29, 1.82) is 0 Å². The van der Waals surface area contributed by atoms with Crippen LogP contribution in [0.1, 0.15) is 22.8 Å². The molecule has 0 saturated heterocycles. The van der Waals surface area contributed by atoms with Crippen LogP contribution >= 0.6 is 0 Å². The number of non-ortho nitro benzene ring substituents is 1. The maximum atomic E-state index is 12.4. The lowest BCUT2D eigenvalue weighted by Crippen LogP contribution is -2.44. The molecular formula is C20H19N5O4. The molecule has 0 radical (unpaired) electrons. The fourth-order valence-electron chi connectivity index (χ4n) is 2.74. The number of hydrogen-bond donors (Lipinski definition) is 2. The van der Waals surface area contributed by atoms with Gasteiger partial charge in [-0.05, 0) is 30.7 Å². The second-order valence-electron chi connectivity index (χ2n) is 6.30. The van der Waals surface area contributed by atoms with Crippen LogP contribution < -0.4 is 10.6 Å². The number of nitro groups is 1. The van der Waals surface area contributed by atoms with Gasteiger partial charge in [-0.2, -0.15) is 5.10 Å². The smallest absolute Gasteiger partial charge is 0.270 e. The molecule has 9 nitrogen and oxygen atoms in total. The zero-order valence-electron chi connectivity index (χ0n) is 15.6. The minimum absolute atomic E-state index is 0.114. The predicted molar refractivity (Wildman–Crippen MR) is 105 cm³/mol. The van der Waals surface area contributed by atoms with Gasteiger partial charge in [0, 0.05) is 36.6 Å². The van der Waals surface area contributed by atoms with E-state index in [1.54, 1.807) is 23.9 Å². The van der Waals surface area contributed by atoms with Gasteiger partial charge in [0.2, 0.25) is 5.91 Å². The lowest BCUT2D eigenvalue weighted by Gasteiger charge is -2.15. The van der Waals surface area contributed by atoms with Crippen LogP contribution in [0, 0.1) is 10.1 Å². The molecule has 3 aromatic rings. The number of benzene rings is 2. The third kappa shape index (κ3) is 4.83. The molecule has 2 aromatic carbocycles. The fourth-order valence-corrected chi connectivity index (χ4v) is 2.74. The summed E-state index contributed by atoms with van der Waals surface area (Å²) in [5.74, 6) is -0.938. The molecule has 148 valence electrons. The molecule has 1 atom stereocenters. The molecule has 3 rings (SSSR count). The van der Waals surface area contributed by atoms with Gasteiger partial charge in [0.25, 0.3) is 11.6 Å². The van der Waals surface area contributed by atoms with Gasteiger partial charge in [-0.25, -0.2) is 4.68 Å². The largest absolute Gasteiger partial charge is 0.350 e. The van der Waals surface area contributed by atoms with Crippen LogP contribution in [0.2, 0.25) is 0 Å². The first-order chi connectivity index (χ1) is 14.0. The number of aromatic nitrogens is 2. The first kappa shape index (κ1) is 19.7. The van der Waals surface area contributed by atoms with E-state index < -0.39 is 16.9 Å². The van der Waals surface area contributed by atoms with Gasteiger partial charge in [-0.3, -0.25) is 19.7 Å². The van der Waals surface area contributed by atoms with E-state index in [1.807, 2.05) is 30.5 Å². The summed E-state index contributed by atoms with van der Waals surface area (Å²) < 4.78 is 1.70. The second-order valence-corrected chi connectivity index (χ2v) is 6.30. The highest BCUT2D eigenvalue weighted by Gasteiger charge is 2.18. The lowest BCUT2D eigenvalue weighted by atomic mass is 10.1. The zero-order valence-corrected chi connectivity index (χ0v) is 15.6. The van der Waals surface area contributed by atoms with Gasteiger partial charge in [0.1, 0.15) is 6.04 Å². The van der Waals surface area contributed by atoms with E-state index in [0.29, 0.717) is 0 Å². The van der Waals surface area contributed by atoms with Gasteiger partial charge >= 0.3 is 0 Å². The highest BCUT2D eigenvalue weighted by molar-refractivity contribution is 5.97. The molecule has 2 amide bonds. The van der Waals surface area contributed by atoms with Crippen LogP contribution in [0.25, 0.3) is 5.69 Å². The third-order valence-electron chi connectivity index (χ3n) is 4.26. The minimum Gasteiger partial charge on any atom is -0.350 e. The quantitative estimate of drug-likeness (QED) is 0.471. The van der Waals surface area contributed by atoms with E-state index in [9.17, 15) is 19.7 Å². The van der Waals surface area contributed by atoms with Crippen molar-refractivity contribution >= 4 is 17.5 Å². The molecule has 9 heteroatoms. The molecule has 1 heterocycles. The van der Waals surface area contributed by atoms with Gasteiger partial charge in [-0.15, -0.1) is 0 Å². The lowest BCUT2D eigenvalue weighted by molar-refractivity contribution is -0.384. The summed E-state index contributed by atoms with van der Waals surface area (Å²) in [5, 5.41) is 20.4. The molecular weight excluding hydrogens is 374 g/mol. The Morgan fingerprint density at radius 2 is 1.97 bits per heavy atom. The third-order valence-corrected chi connectivity index (χ3v) is 4.26. The average Bonchev–Trinajstić information content (AvgIpc) is 3.26. The maximum absolute atomic E-state index is 12.4. The Morgan fingerprint density at radius 3 is 2.69 bits per heavy atom. The normalized spacial score (nSPS) is 11.5. The molecule has 0 spiro atoms. The Morgan fingerprint density at radius 1 is 1.17 bits per heavy atom. The number of para-hydroxylation sites is 1. The highest BCUT2D eigenvalue weighted by Crippen LogP contribution is 2.14. The van der Waals surface area contributed by atoms with E-state index >= 15 is 0 Å². The summed E-state index contributed by atoms with van der Waals surface area (Å²) in [6, 6.07) is 13.8. The van der Waals surface area contributed by atoms with Crippen molar-refractivity contribution in [2.45, 2.75) is 19.5 Å². The Bertz CT molecular complexity index is 1030. The van der Waals surface area contributed by atoms with Crippen molar-refractivity contribution in [1.82, 2.24) is 20.4 Å². The van der Waals surface area contributed by atoms with Gasteiger partial charge < -0.3 is 10.6 Å². The number of nitro benzene ring substituents is 1. The Hall–Kier alpha value is -4.01. The molecule has 0 saturated carbocycles. The molecule has 0 aliphatic heterocycles. The van der Waals surface area contributed by atoms with Crippen LogP contribution in [0.4, 0.5) is 5.69 Å². The van der Waals surface area contributed by atoms with Crippen molar-refractivity contribution in [2.24, 2.45) is 0 Å². The average molecular weight is 393 g/mol. The zero-order chi connectivity index (χ0) is 20.8. The first-order valence-electron chi connectivity index (χ1n) is 8.86. The second kappa shape index (κ2) is 8.79. The van der Waals surface area contributed by atoms with Crippen LogP contribution in [0.5, 0.6) is 0 Å². The van der Waals surface area contributed by atoms with Crippen molar-refractivity contribution in [3.8, 4) is 5.69 Å². The van der Waals surface area contributed by atoms with E-state index in [2.05, 4.69) is 15.7 Å². The van der Waals surface area contributed by atoms with Gasteiger partial charge in [0.05, 0.1) is 10.6 Å². The van der Waals surface area contributed by atoms with Crippen molar-refractivity contribution < 1.29 is 14.5 Å². The summed E-state index contributed by atoms with van der Waals surface area (Å²) in [6.07, 6.45) is 3.48. The van der Waals surface area contributed by atoms with Crippen LogP contribution in [-0.4, -0.2) is 32.6 Å². The fraction of sp³-hybridized carbons (Fsp3) is 0.150. The van der Waals surface area contributed by atoms with E-state index in [4.69, 9.17) is 0 Å². The number of carbonyl (C=O) groups is 2. The topological polar surface area (TPSA) is 119 Å². The van der Waals surface area contributed by atoms with Crippen LogP contribution in [0.3, 0.4) is 0 Å². The van der Waals surface area contributed by atoms with Crippen LogP contribution in [-0.2, 0) is 11.3 Å². The number of rotatable bonds is 7. The number of hydrogen-bond acceptors (Lipinski definition) is 5. The summed E-state index contributed by atoms with van der Waals surface area (Å²) in [7, 11) is 0. The number of amides is 2. The Labute approximate surface area is 166 Å². The molecule has 0 bridgehead atoms. The molecule has 0 aliphatic rings. The number of nitrogens with one attached hydrogen (secondary N) is 2. The molecule has 29 heavy (non-hydrogen) atoms. The predicted octanol–water partition coefficient (Wildman–Crippen LogP) is 2.22. The maximum Gasteiger partial charge on any atom is 0.270 e. The molecule has 2 N–H and O–H groups in total. The highest BCUT2D eigenvalue weighted by atomic mass is 16.6. The van der Waals surface area contributed by atoms with Crippen molar-refractivity contribution in [3.63, 3.8) is 0 Å². The Kier molecular flexibility index (Phi) is 5.98. The molecule has 1 aromatic heterocycles. The SMILES string of the molecule is CC(NC(=O)c1cccc([N+](=O)[O-])c1)C(=O)NCc1ccccc1-n1cccn1. The van der Waals surface area contributed by atoms with E-state index in [-0.39, 0.29) is 23.7 Å².